The van der Waals surface area contributed by atoms with Crippen molar-refractivity contribution in [2.75, 3.05) is 20.3 Å². The van der Waals surface area contributed by atoms with Gasteiger partial charge in [0.1, 0.15) is 11.8 Å². The average molecular weight is 489 g/mol. The Kier molecular flexibility index (Phi) is 10.5. The fourth-order valence-corrected chi connectivity index (χ4v) is 3.93. The lowest BCUT2D eigenvalue weighted by Gasteiger charge is -2.32. The summed E-state index contributed by atoms with van der Waals surface area (Å²) in [6.45, 7) is 5.30. The van der Waals surface area contributed by atoms with Gasteiger partial charge in [0.25, 0.3) is 0 Å². The molecule has 0 aliphatic heterocycles. The van der Waals surface area contributed by atoms with Gasteiger partial charge in [0.15, 0.2) is 0 Å². The number of benzene rings is 3. The van der Waals surface area contributed by atoms with Crippen LogP contribution in [0.4, 0.5) is 0 Å². The summed E-state index contributed by atoms with van der Waals surface area (Å²) in [5.41, 5.74) is 2.58. The summed E-state index contributed by atoms with van der Waals surface area (Å²) in [5, 5.41) is 3.03. The maximum atomic E-state index is 13.7. The molecular formula is C30H36N2O4. The Morgan fingerprint density at radius 3 is 2.11 bits per heavy atom. The van der Waals surface area contributed by atoms with E-state index in [1.54, 1.807) is 12.0 Å². The van der Waals surface area contributed by atoms with Gasteiger partial charge in [-0.2, -0.15) is 0 Å². The SMILES string of the molecule is COc1ccc(CN(C(=O)Cc2ccccc2)C(C(=O)NCCCOC(C)C)c2ccccc2)cc1. The molecule has 0 heterocycles. The van der Waals surface area contributed by atoms with E-state index in [0.717, 1.165) is 22.4 Å². The monoisotopic (exact) mass is 488 g/mol. The van der Waals surface area contributed by atoms with Crippen molar-refractivity contribution in [3.63, 3.8) is 0 Å². The Bertz CT molecular complexity index is 1070. The molecule has 0 aliphatic rings. The molecule has 3 aromatic carbocycles. The zero-order chi connectivity index (χ0) is 25.8. The number of methoxy groups -OCH3 is 1. The number of hydrogen-bond acceptors (Lipinski definition) is 4. The normalized spacial score (nSPS) is 11.7. The zero-order valence-electron chi connectivity index (χ0n) is 21.4. The number of amides is 2. The van der Waals surface area contributed by atoms with Crippen molar-refractivity contribution in [1.29, 1.82) is 0 Å². The summed E-state index contributed by atoms with van der Waals surface area (Å²) >= 11 is 0. The molecule has 2 amide bonds. The maximum absolute atomic E-state index is 13.7. The lowest BCUT2D eigenvalue weighted by atomic mass is 10.0. The van der Waals surface area contributed by atoms with Crippen LogP contribution in [0.1, 0.15) is 43.0 Å². The van der Waals surface area contributed by atoms with Crippen LogP contribution in [-0.4, -0.2) is 43.1 Å². The number of ether oxygens (including phenoxy) is 2. The lowest BCUT2D eigenvalue weighted by Crippen LogP contribution is -2.44. The van der Waals surface area contributed by atoms with Crippen LogP contribution in [0, 0.1) is 0 Å². The summed E-state index contributed by atoms with van der Waals surface area (Å²) in [6.07, 6.45) is 1.05. The van der Waals surface area contributed by atoms with Gasteiger partial charge in [0, 0.05) is 19.7 Å². The first-order valence-corrected chi connectivity index (χ1v) is 12.4. The quantitative estimate of drug-likeness (QED) is 0.346. The van der Waals surface area contributed by atoms with Gasteiger partial charge in [-0.05, 0) is 49.1 Å². The Morgan fingerprint density at radius 2 is 1.50 bits per heavy atom. The van der Waals surface area contributed by atoms with Crippen molar-refractivity contribution < 1.29 is 19.1 Å². The molecular weight excluding hydrogens is 452 g/mol. The Labute approximate surface area is 214 Å². The number of carbonyl (C=O) groups is 2. The number of hydrogen-bond donors (Lipinski definition) is 1. The molecule has 1 N–H and O–H groups in total. The van der Waals surface area contributed by atoms with Crippen molar-refractivity contribution in [1.82, 2.24) is 10.2 Å². The molecule has 0 aromatic heterocycles. The highest BCUT2D eigenvalue weighted by Crippen LogP contribution is 2.25. The molecule has 190 valence electrons. The Morgan fingerprint density at radius 1 is 0.861 bits per heavy atom. The van der Waals surface area contributed by atoms with Crippen molar-refractivity contribution >= 4 is 11.8 Å². The van der Waals surface area contributed by atoms with E-state index in [4.69, 9.17) is 9.47 Å². The summed E-state index contributed by atoms with van der Waals surface area (Å²) in [7, 11) is 1.62. The van der Waals surface area contributed by atoms with Crippen LogP contribution >= 0.6 is 0 Å². The molecule has 0 aliphatic carbocycles. The molecule has 1 unspecified atom stereocenters. The van der Waals surface area contributed by atoms with Gasteiger partial charge in [-0.15, -0.1) is 0 Å². The molecule has 0 radical (unpaired) electrons. The van der Waals surface area contributed by atoms with Crippen molar-refractivity contribution in [3.05, 3.63) is 102 Å². The van der Waals surface area contributed by atoms with E-state index in [0.29, 0.717) is 26.1 Å². The second-order valence-corrected chi connectivity index (χ2v) is 8.91. The van der Waals surface area contributed by atoms with Gasteiger partial charge in [0.2, 0.25) is 11.8 Å². The van der Waals surface area contributed by atoms with Gasteiger partial charge in [0.05, 0.1) is 19.6 Å². The first-order chi connectivity index (χ1) is 17.5. The van der Waals surface area contributed by atoms with Crippen molar-refractivity contribution in [2.24, 2.45) is 0 Å². The van der Waals surface area contributed by atoms with Crippen LogP contribution in [0.25, 0.3) is 0 Å². The summed E-state index contributed by atoms with van der Waals surface area (Å²) in [5.74, 6) is 0.409. The second-order valence-electron chi connectivity index (χ2n) is 8.91. The van der Waals surface area contributed by atoms with Crippen molar-refractivity contribution in [3.8, 4) is 5.75 Å². The fourth-order valence-electron chi connectivity index (χ4n) is 3.93. The van der Waals surface area contributed by atoms with E-state index < -0.39 is 6.04 Å². The molecule has 0 spiro atoms. The van der Waals surface area contributed by atoms with Gasteiger partial charge in [-0.3, -0.25) is 9.59 Å². The fraction of sp³-hybridized carbons (Fsp3) is 0.333. The lowest BCUT2D eigenvalue weighted by molar-refractivity contribution is -0.141. The minimum atomic E-state index is -0.768. The molecule has 0 bridgehead atoms. The van der Waals surface area contributed by atoms with Crippen LogP contribution in [0.3, 0.4) is 0 Å². The molecule has 6 nitrogen and oxygen atoms in total. The Balaban J connectivity index is 1.88. The van der Waals surface area contributed by atoms with E-state index in [9.17, 15) is 9.59 Å². The third-order valence-electron chi connectivity index (χ3n) is 5.78. The highest BCUT2D eigenvalue weighted by molar-refractivity contribution is 5.89. The minimum absolute atomic E-state index is 0.121. The average Bonchev–Trinajstić information content (AvgIpc) is 2.89. The zero-order valence-corrected chi connectivity index (χ0v) is 21.4. The molecule has 0 fully saturated rings. The van der Waals surface area contributed by atoms with Crippen LogP contribution < -0.4 is 10.1 Å². The standard InChI is InChI=1S/C30H36N2O4/c1-23(2)36-20-10-19-31-30(34)29(26-13-8-5-9-14-26)32(22-25-15-17-27(35-3)18-16-25)28(33)21-24-11-6-4-7-12-24/h4-9,11-18,23,29H,10,19-22H2,1-3H3,(H,31,34). The highest BCUT2D eigenvalue weighted by Gasteiger charge is 2.31. The van der Waals surface area contributed by atoms with Crippen LogP contribution in [0.5, 0.6) is 5.75 Å². The first kappa shape index (κ1) is 27.0. The minimum Gasteiger partial charge on any atom is -0.497 e. The molecule has 3 rings (SSSR count). The molecule has 6 heteroatoms. The largest absolute Gasteiger partial charge is 0.497 e. The van der Waals surface area contributed by atoms with E-state index in [-0.39, 0.29) is 24.3 Å². The topological polar surface area (TPSA) is 67.9 Å². The van der Waals surface area contributed by atoms with Gasteiger partial charge < -0.3 is 19.7 Å². The molecule has 36 heavy (non-hydrogen) atoms. The number of nitrogens with one attached hydrogen (secondary N) is 1. The molecule has 1 atom stereocenters. The van der Waals surface area contributed by atoms with E-state index in [1.807, 2.05) is 98.8 Å². The number of rotatable bonds is 13. The number of carbonyl (C=O) groups excluding carboxylic acids is 2. The van der Waals surface area contributed by atoms with Crippen LogP contribution in [-0.2, 0) is 27.3 Å². The predicted molar refractivity (Wildman–Crippen MR) is 142 cm³/mol. The van der Waals surface area contributed by atoms with E-state index in [1.165, 1.54) is 0 Å². The van der Waals surface area contributed by atoms with Crippen LogP contribution in [0.2, 0.25) is 0 Å². The third kappa shape index (κ3) is 8.24. The highest BCUT2D eigenvalue weighted by atomic mass is 16.5. The molecule has 0 saturated heterocycles. The smallest absolute Gasteiger partial charge is 0.247 e. The summed E-state index contributed by atoms with van der Waals surface area (Å²) < 4.78 is 10.9. The predicted octanol–water partition coefficient (Wildman–Crippen LogP) is 4.94. The van der Waals surface area contributed by atoms with Gasteiger partial charge >= 0.3 is 0 Å². The van der Waals surface area contributed by atoms with Crippen LogP contribution in [0.15, 0.2) is 84.9 Å². The first-order valence-electron chi connectivity index (χ1n) is 12.4. The molecule has 0 saturated carbocycles. The van der Waals surface area contributed by atoms with Gasteiger partial charge in [-0.25, -0.2) is 0 Å². The van der Waals surface area contributed by atoms with E-state index >= 15 is 0 Å². The third-order valence-corrected chi connectivity index (χ3v) is 5.78. The van der Waals surface area contributed by atoms with Crippen molar-refractivity contribution in [2.45, 2.75) is 45.4 Å². The van der Waals surface area contributed by atoms with E-state index in [2.05, 4.69) is 5.32 Å². The van der Waals surface area contributed by atoms with Gasteiger partial charge in [-0.1, -0.05) is 72.8 Å². The number of nitrogens with zero attached hydrogens (tertiary/aromatic N) is 1. The molecule has 3 aromatic rings. The summed E-state index contributed by atoms with van der Waals surface area (Å²) in [4.78, 5) is 28.9. The Hall–Kier alpha value is -3.64. The second kappa shape index (κ2) is 14.0. The summed E-state index contributed by atoms with van der Waals surface area (Å²) in [6, 6.07) is 25.9. The maximum Gasteiger partial charge on any atom is 0.247 e.